The second kappa shape index (κ2) is 6.92. The van der Waals surface area contributed by atoms with Gasteiger partial charge < -0.3 is 15.8 Å². The smallest absolute Gasteiger partial charge is 0.122 e. The van der Waals surface area contributed by atoms with E-state index in [0.29, 0.717) is 18.4 Å². The Bertz CT molecular complexity index is 415. The largest absolute Gasteiger partial charge is 0.496 e. The Labute approximate surface area is 117 Å². The van der Waals surface area contributed by atoms with Gasteiger partial charge in [0.25, 0.3) is 0 Å². The number of benzene rings is 1. The number of ether oxygens (including phenoxy) is 1. The summed E-state index contributed by atoms with van der Waals surface area (Å²) in [5.41, 5.74) is 9.79. The zero-order valence-corrected chi connectivity index (χ0v) is 13.1. The minimum absolute atomic E-state index is 0.287. The first-order chi connectivity index (χ1) is 8.97. The highest BCUT2D eigenvalue weighted by atomic mass is 16.5. The molecule has 3 heteroatoms. The van der Waals surface area contributed by atoms with Crippen LogP contribution in [0.5, 0.6) is 5.75 Å². The lowest BCUT2D eigenvalue weighted by Gasteiger charge is -2.31. The molecule has 0 aromatic heterocycles. The third-order valence-electron chi connectivity index (χ3n) is 4.20. The maximum absolute atomic E-state index is 5.97. The Morgan fingerprint density at radius 2 is 1.84 bits per heavy atom. The minimum Gasteiger partial charge on any atom is -0.496 e. The number of nitrogens with one attached hydrogen (secondary N) is 1. The van der Waals surface area contributed by atoms with E-state index in [2.05, 4.69) is 45.1 Å². The van der Waals surface area contributed by atoms with Gasteiger partial charge in [-0.05, 0) is 62.0 Å². The van der Waals surface area contributed by atoms with Gasteiger partial charge in [0.1, 0.15) is 5.75 Å². The Morgan fingerprint density at radius 1 is 1.21 bits per heavy atom. The zero-order chi connectivity index (χ0) is 14.6. The highest BCUT2D eigenvalue weighted by molar-refractivity contribution is 5.45. The van der Waals surface area contributed by atoms with E-state index in [9.17, 15) is 0 Å². The number of nitrogens with two attached hydrogens (primary N) is 1. The fraction of sp³-hybridized carbons (Fsp3) is 0.625. The Hall–Kier alpha value is -1.06. The van der Waals surface area contributed by atoms with Crippen LogP contribution in [0.25, 0.3) is 0 Å². The van der Waals surface area contributed by atoms with Crippen molar-refractivity contribution in [3.8, 4) is 5.75 Å². The third kappa shape index (κ3) is 3.28. The number of methoxy groups -OCH3 is 1. The molecule has 0 radical (unpaired) electrons. The second-order valence-electron chi connectivity index (χ2n) is 5.52. The van der Waals surface area contributed by atoms with Crippen LogP contribution >= 0.6 is 0 Å². The summed E-state index contributed by atoms with van der Waals surface area (Å²) in [5, 5.41) is 3.44. The maximum Gasteiger partial charge on any atom is 0.122 e. The van der Waals surface area contributed by atoms with Crippen LogP contribution in [0.15, 0.2) is 12.1 Å². The van der Waals surface area contributed by atoms with Crippen molar-refractivity contribution in [2.24, 2.45) is 17.6 Å². The molecule has 0 bridgehead atoms. The number of hydrogen-bond donors (Lipinski definition) is 2. The van der Waals surface area contributed by atoms with Crippen molar-refractivity contribution in [1.82, 2.24) is 5.32 Å². The second-order valence-corrected chi connectivity index (χ2v) is 5.52. The Morgan fingerprint density at radius 3 is 2.26 bits per heavy atom. The lowest BCUT2D eigenvalue weighted by atomic mass is 9.82. The first kappa shape index (κ1) is 16.0. The van der Waals surface area contributed by atoms with Crippen molar-refractivity contribution in [3.63, 3.8) is 0 Å². The first-order valence-corrected chi connectivity index (χ1v) is 6.99. The lowest BCUT2D eigenvalue weighted by Crippen LogP contribution is -2.34. The molecule has 0 saturated heterocycles. The van der Waals surface area contributed by atoms with Gasteiger partial charge in [0.05, 0.1) is 7.11 Å². The quantitative estimate of drug-likeness (QED) is 0.830. The van der Waals surface area contributed by atoms with Crippen LogP contribution in [-0.2, 0) is 0 Å². The molecule has 0 heterocycles. The van der Waals surface area contributed by atoms with E-state index >= 15 is 0 Å². The van der Waals surface area contributed by atoms with E-state index in [4.69, 9.17) is 10.5 Å². The van der Waals surface area contributed by atoms with Crippen molar-refractivity contribution >= 4 is 0 Å². The highest BCUT2D eigenvalue weighted by Crippen LogP contribution is 2.33. The van der Waals surface area contributed by atoms with E-state index in [1.165, 1.54) is 16.7 Å². The summed E-state index contributed by atoms with van der Waals surface area (Å²) in [6.07, 6.45) is 0. The molecule has 108 valence electrons. The van der Waals surface area contributed by atoms with Crippen LogP contribution in [0.2, 0.25) is 0 Å². The molecule has 0 aliphatic heterocycles. The van der Waals surface area contributed by atoms with Crippen LogP contribution in [0, 0.1) is 25.7 Å². The third-order valence-corrected chi connectivity index (χ3v) is 4.20. The van der Waals surface area contributed by atoms with Gasteiger partial charge in [-0.2, -0.15) is 0 Å². The predicted octanol–water partition coefficient (Wildman–Crippen LogP) is 2.80. The molecule has 0 saturated carbocycles. The van der Waals surface area contributed by atoms with Crippen LogP contribution < -0.4 is 15.8 Å². The van der Waals surface area contributed by atoms with Crippen molar-refractivity contribution < 1.29 is 4.74 Å². The Kier molecular flexibility index (Phi) is 5.83. The number of hydrogen-bond acceptors (Lipinski definition) is 3. The predicted molar refractivity (Wildman–Crippen MR) is 81.7 cm³/mol. The monoisotopic (exact) mass is 264 g/mol. The molecule has 3 N–H and O–H groups in total. The van der Waals surface area contributed by atoms with E-state index in [0.717, 1.165) is 5.75 Å². The standard InChI is InChI=1S/C16H28N2O/c1-10(2)14(9-17)16(18-5)13-7-8-15(19-6)12(4)11(13)3/h7-8,10,14,16,18H,9,17H2,1-6H3. The summed E-state index contributed by atoms with van der Waals surface area (Å²) in [7, 11) is 3.72. The van der Waals surface area contributed by atoms with E-state index in [1.54, 1.807) is 7.11 Å². The molecular weight excluding hydrogens is 236 g/mol. The normalized spacial score (nSPS) is 14.5. The molecular formula is C16H28N2O. The SMILES string of the molecule is CNC(c1ccc(OC)c(C)c1C)C(CN)C(C)C. The van der Waals surface area contributed by atoms with Gasteiger partial charge in [-0.25, -0.2) is 0 Å². The van der Waals surface area contributed by atoms with Crippen molar-refractivity contribution in [2.45, 2.75) is 33.7 Å². The van der Waals surface area contributed by atoms with Gasteiger partial charge in [0, 0.05) is 6.04 Å². The summed E-state index contributed by atoms with van der Waals surface area (Å²) in [6.45, 7) is 9.41. The van der Waals surface area contributed by atoms with Crippen LogP contribution in [0.4, 0.5) is 0 Å². The van der Waals surface area contributed by atoms with Gasteiger partial charge in [-0.3, -0.25) is 0 Å². The van der Waals surface area contributed by atoms with Crippen molar-refractivity contribution in [1.29, 1.82) is 0 Å². The Balaban J connectivity index is 3.22. The van der Waals surface area contributed by atoms with Gasteiger partial charge in [0.15, 0.2) is 0 Å². The average Bonchev–Trinajstić information content (AvgIpc) is 2.39. The molecule has 19 heavy (non-hydrogen) atoms. The fourth-order valence-electron chi connectivity index (χ4n) is 2.77. The van der Waals surface area contributed by atoms with Crippen LogP contribution in [-0.4, -0.2) is 20.7 Å². The summed E-state index contributed by atoms with van der Waals surface area (Å²) in [4.78, 5) is 0. The summed E-state index contributed by atoms with van der Waals surface area (Å²) < 4.78 is 5.38. The zero-order valence-electron chi connectivity index (χ0n) is 13.1. The van der Waals surface area contributed by atoms with Crippen LogP contribution in [0.1, 0.15) is 36.6 Å². The maximum atomic E-state index is 5.97. The van der Waals surface area contributed by atoms with Crippen LogP contribution in [0.3, 0.4) is 0 Å². The summed E-state index contributed by atoms with van der Waals surface area (Å²) in [6, 6.07) is 4.50. The molecule has 0 amide bonds. The average molecular weight is 264 g/mol. The highest BCUT2D eigenvalue weighted by Gasteiger charge is 2.25. The topological polar surface area (TPSA) is 47.3 Å². The van der Waals surface area contributed by atoms with Gasteiger partial charge in [0.2, 0.25) is 0 Å². The molecule has 2 atom stereocenters. The molecule has 0 aliphatic carbocycles. The number of rotatable bonds is 6. The molecule has 0 fully saturated rings. The first-order valence-electron chi connectivity index (χ1n) is 6.99. The van der Waals surface area contributed by atoms with Gasteiger partial charge in [-0.15, -0.1) is 0 Å². The molecule has 3 nitrogen and oxygen atoms in total. The molecule has 0 spiro atoms. The molecule has 1 rings (SSSR count). The minimum atomic E-state index is 0.287. The molecule has 0 aliphatic rings. The van der Waals surface area contributed by atoms with Gasteiger partial charge >= 0.3 is 0 Å². The van der Waals surface area contributed by atoms with E-state index < -0.39 is 0 Å². The van der Waals surface area contributed by atoms with Crippen molar-refractivity contribution in [3.05, 3.63) is 28.8 Å². The van der Waals surface area contributed by atoms with Gasteiger partial charge in [-0.1, -0.05) is 19.9 Å². The lowest BCUT2D eigenvalue weighted by molar-refractivity contribution is 0.298. The molecule has 1 aromatic rings. The molecule has 1 aromatic carbocycles. The van der Waals surface area contributed by atoms with Crippen molar-refractivity contribution in [2.75, 3.05) is 20.7 Å². The summed E-state index contributed by atoms with van der Waals surface area (Å²) in [5.74, 6) is 1.92. The van der Waals surface area contributed by atoms with E-state index in [1.807, 2.05) is 7.05 Å². The fourth-order valence-corrected chi connectivity index (χ4v) is 2.77. The summed E-state index contributed by atoms with van der Waals surface area (Å²) >= 11 is 0. The van der Waals surface area contributed by atoms with E-state index in [-0.39, 0.29) is 6.04 Å². The molecule has 2 unspecified atom stereocenters.